The first-order chi connectivity index (χ1) is 27.2. The molecule has 2 aliphatic heterocycles. The normalized spacial score (nSPS) is 15.0. The molecule has 0 radical (unpaired) electrons. The van der Waals surface area contributed by atoms with E-state index in [-0.39, 0.29) is 56.9 Å². The molecule has 0 saturated heterocycles. The van der Waals surface area contributed by atoms with Crippen molar-refractivity contribution in [3.63, 3.8) is 0 Å². The smallest absolute Gasteiger partial charge is 0.274 e. The summed E-state index contributed by atoms with van der Waals surface area (Å²) in [6.07, 6.45) is 6.77. The largest absolute Gasteiger partial charge is 0.493 e. The maximum absolute atomic E-state index is 13.7. The molecule has 15 heteroatoms. The molecule has 5 aromatic rings. The minimum absolute atomic E-state index is 0.145. The number of fused-ring (bicyclic) bond motifs is 5. The van der Waals surface area contributed by atoms with E-state index in [1.54, 1.807) is 59.1 Å². The van der Waals surface area contributed by atoms with Crippen molar-refractivity contribution >= 4 is 94.7 Å². The highest BCUT2D eigenvalue weighted by molar-refractivity contribution is 8.29. The molecule has 0 fully saturated rings. The van der Waals surface area contributed by atoms with Crippen LogP contribution in [0.5, 0.6) is 11.5 Å². The number of rotatable bonds is 13. The molecule has 4 amide bonds. The van der Waals surface area contributed by atoms with Gasteiger partial charge in [-0.15, -0.1) is 20.8 Å². The van der Waals surface area contributed by atoms with Gasteiger partial charge in [0.05, 0.1) is 41.6 Å². The Labute approximate surface area is 342 Å². The number of carbonyl (C=O) groups excluding carboxylic acids is 4. The van der Waals surface area contributed by atoms with Crippen LogP contribution >= 0.6 is 11.3 Å². The van der Waals surface area contributed by atoms with Gasteiger partial charge in [-0.1, -0.05) is 29.4 Å². The van der Waals surface area contributed by atoms with Crippen LogP contribution in [0.15, 0.2) is 77.9 Å². The van der Waals surface area contributed by atoms with E-state index in [2.05, 4.69) is 15.6 Å². The first kappa shape index (κ1) is 39.8. The van der Waals surface area contributed by atoms with Crippen molar-refractivity contribution in [2.75, 3.05) is 48.7 Å². The summed E-state index contributed by atoms with van der Waals surface area (Å²) in [6, 6.07) is 20.2. The second-order valence-corrected chi connectivity index (χ2v) is 19.3. The zero-order valence-corrected chi connectivity index (χ0v) is 35.0. The number of para-hydroxylation sites is 1. The van der Waals surface area contributed by atoms with Crippen LogP contribution in [0.2, 0.25) is 0 Å². The Hall–Kier alpha value is -5.38. The number of carbonyl (C=O) groups is 4. The van der Waals surface area contributed by atoms with Crippen LogP contribution in [0.25, 0.3) is 10.1 Å². The summed E-state index contributed by atoms with van der Waals surface area (Å²) in [5, 5.41) is 6.76. The van der Waals surface area contributed by atoms with E-state index in [9.17, 15) is 19.2 Å². The third kappa shape index (κ3) is 8.22. The Kier molecular flexibility index (Phi) is 11.3. The fourth-order valence-electron chi connectivity index (χ4n) is 6.79. The highest BCUT2D eigenvalue weighted by Crippen LogP contribution is 2.41. The number of thiophene rings is 1. The second kappa shape index (κ2) is 16.2. The molecule has 2 aliphatic rings. The molecule has 2 N–H and O–H groups in total. The summed E-state index contributed by atoms with van der Waals surface area (Å²) in [4.78, 5) is 61.8. The Morgan fingerprint density at radius 1 is 1.09 bits per heavy atom. The lowest BCUT2D eigenvalue weighted by Crippen LogP contribution is -2.40. The number of benzene rings is 3. The summed E-state index contributed by atoms with van der Waals surface area (Å²) < 4.78 is 14.1. The van der Waals surface area contributed by atoms with Crippen molar-refractivity contribution in [3.8, 4) is 11.5 Å². The van der Waals surface area contributed by atoms with Crippen molar-refractivity contribution < 1.29 is 28.7 Å². The molecule has 3 aromatic carbocycles. The van der Waals surface area contributed by atoms with Gasteiger partial charge in [0.15, 0.2) is 11.5 Å². The summed E-state index contributed by atoms with van der Waals surface area (Å²) in [7, 11) is 4.69. The maximum atomic E-state index is 13.7. The predicted octanol–water partition coefficient (Wildman–Crippen LogP) is 6.83. The molecule has 7 rings (SSSR count). The molecule has 2 aromatic heterocycles. The van der Waals surface area contributed by atoms with E-state index in [1.807, 2.05) is 68.6 Å². The van der Waals surface area contributed by atoms with Crippen molar-refractivity contribution in [1.82, 2.24) is 9.88 Å². The van der Waals surface area contributed by atoms with Gasteiger partial charge in [-0.2, -0.15) is 0 Å². The fourth-order valence-corrected chi connectivity index (χ4v) is 8.21. The third-order valence-corrected chi connectivity index (χ3v) is 14.5. The third-order valence-electron chi connectivity index (χ3n) is 10.3. The number of methoxy groups -OCH3 is 1. The van der Waals surface area contributed by atoms with Crippen LogP contribution in [0.1, 0.15) is 62.8 Å². The van der Waals surface area contributed by atoms with Crippen LogP contribution in [0.4, 0.5) is 22.7 Å². The first-order valence-corrected chi connectivity index (χ1v) is 21.8. The number of nitrogens with one attached hydrogen (secondary N) is 2. The Morgan fingerprint density at radius 2 is 1.88 bits per heavy atom. The van der Waals surface area contributed by atoms with Crippen molar-refractivity contribution in [3.05, 3.63) is 94.6 Å². The van der Waals surface area contributed by atoms with Crippen LogP contribution in [-0.2, 0) is 38.9 Å². The number of anilines is 3. The standard InChI is InChI=1S/C42H44N6O6S3/c1-42(2,57(6)55)24-44-39(50)37-18-26-17-28(13-14-36(26)56-37)47(4)41(52)33-19-27(23-46(33)3)45-38(49)12-9-15-54-35-21-31-30(20-34(35)53-5)40(51)48-29(22-43-31)16-25-10-7-8-11-32(25)48/h7-8,10-11,13-14,17-23,29H,9,12,15-16,24H2,1-6H3,(H,44,50)(H,45,49)/t29-,57?/m0/s1. The molecule has 296 valence electrons. The number of ether oxygens (including phenoxy) is 2. The molecule has 1 unspecified atom stereocenters. The lowest BCUT2D eigenvalue weighted by molar-refractivity contribution is -0.116. The summed E-state index contributed by atoms with van der Waals surface area (Å²) in [5.41, 5.74) is 4.48. The van der Waals surface area contributed by atoms with Crippen molar-refractivity contribution in [1.29, 1.82) is 0 Å². The van der Waals surface area contributed by atoms with Gasteiger partial charge >= 0.3 is 0 Å². The molecule has 0 bridgehead atoms. The predicted molar refractivity (Wildman–Crippen MR) is 232 cm³/mol. The van der Waals surface area contributed by atoms with E-state index in [4.69, 9.17) is 20.7 Å². The zero-order valence-electron chi connectivity index (χ0n) is 32.6. The van der Waals surface area contributed by atoms with Crippen molar-refractivity contribution in [2.45, 2.75) is 43.9 Å². The highest BCUT2D eigenvalue weighted by atomic mass is 32.8. The minimum atomic E-state index is -0.268. The zero-order chi connectivity index (χ0) is 40.6. The highest BCUT2D eigenvalue weighted by Gasteiger charge is 2.36. The number of hydrogen-bond acceptors (Lipinski definition) is 9. The van der Waals surface area contributed by atoms with Gasteiger partial charge in [0, 0.05) is 72.8 Å². The lowest BCUT2D eigenvalue weighted by Gasteiger charge is -2.24. The monoisotopic (exact) mass is 824 g/mol. The quantitative estimate of drug-likeness (QED) is 0.124. The minimum Gasteiger partial charge on any atom is -0.493 e. The van der Waals surface area contributed by atoms with Crippen LogP contribution in [0, 0.1) is 0 Å². The number of nitrogens with zero attached hydrogens (tertiary/aromatic N) is 4. The fraction of sp³-hybridized carbons (Fsp3) is 0.310. The molecule has 57 heavy (non-hydrogen) atoms. The summed E-state index contributed by atoms with van der Waals surface area (Å²) in [6.45, 7) is 4.81. The van der Waals surface area contributed by atoms with Gasteiger partial charge in [-0.05, 0) is 79.9 Å². The molecule has 0 spiro atoms. The van der Waals surface area contributed by atoms with Gasteiger partial charge < -0.3 is 29.6 Å². The van der Waals surface area contributed by atoms with Gasteiger partial charge in [0.2, 0.25) is 5.91 Å². The Balaban J connectivity index is 0.932. The van der Waals surface area contributed by atoms with Crippen LogP contribution < -0.4 is 29.9 Å². The molecule has 2 atom stereocenters. The lowest BCUT2D eigenvalue weighted by atomic mass is 10.1. The van der Waals surface area contributed by atoms with Gasteiger partial charge in [0.1, 0.15) is 5.69 Å². The number of hydrogen-bond donors (Lipinski definition) is 2. The molecule has 0 saturated carbocycles. The van der Waals surface area contributed by atoms with Crippen molar-refractivity contribution in [2.24, 2.45) is 12.0 Å². The first-order valence-electron chi connectivity index (χ1n) is 18.4. The van der Waals surface area contributed by atoms with E-state index < -0.39 is 0 Å². The average molecular weight is 825 g/mol. The van der Waals surface area contributed by atoms with E-state index in [0.717, 1.165) is 21.3 Å². The summed E-state index contributed by atoms with van der Waals surface area (Å²) >= 11 is 6.84. The molecule has 12 nitrogen and oxygen atoms in total. The average Bonchev–Trinajstić information content (AvgIpc) is 3.88. The van der Waals surface area contributed by atoms with Gasteiger partial charge in [-0.25, -0.2) is 0 Å². The molecule has 0 aliphatic carbocycles. The number of amides is 4. The Bertz CT molecular complexity index is 2470. The second-order valence-electron chi connectivity index (χ2n) is 14.7. The molecule has 4 heterocycles. The number of aryl methyl sites for hydroxylation is 1. The topological polar surface area (TPSA) is 135 Å². The van der Waals surface area contributed by atoms with E-state index >= 15 is 0 Å². The van der Waals surface area contributed by atoms with E-state index in [0.29, 0.717) is 64.1 Å². The molecular weight excluding hydrogens is 781 g/mol. The van der Waals surface area contributed by atoms with Crippen LogP contribution in [0.3, 0.4) is 0 Å². The van der Waals surface area contributed by atoms with Gasteiger partial charge in [0.25, 0.3) is 17.7 Å². The number of aliphatic imine (C=N–C) groups is 1. The van der Waals surface area contributed by atoms with E-state index in [1.165, 1.54) is 18.4 Å². The molecular formula is C42H44N6O6S3. The maximum Gasteiger partial charge on any atom is 0.274 e. The summed E-state index contributed by atoms with van der Waals surface area (Å²) in [5.74, 6) is 0.0551. The Morgan fingerprint density at radius 3 is 2.65 bits per heavy atom. The SMILES string of the molecule is COc1cc2c(cc1OCCCC(=O)Nc1cc(C(=O)N(C)c3ccc4sc(C(=O)NCC(C)(C)S(C)=S)cc4c3)n(C)c1)N=C[C@@H]1Cc3ccccc3N1C2=O. The van der Waals surface area contributed by atoms with Crippen LogP contribution in [-0.4, -0.2) is 78.8 Å². The van der Waals surface area contributed by atoms with Gasteiger partial charge in [-0.3, -0.25) is 29.1 Å². The number of aromatic nitrogens is 1.